The first-order valence-electron chi connectivity index (χ1n) is 8.12. The van der Waals surface area contributed by atoms with E-state index in [4.69, 9.17) is 0 Å². The summed E-state index contributed by atoms with van der Waals surface area (Å²) in [7, 11) is 4.13. The van der Waals surface area contributed by atoms with Crippen molar-refractivity contribution in [1.29, 1.82) is 0 Å². The second-order valence-electron chi connectivity index (χ2n) is 7.14. The Balaban J connectivity index is 2.22. The summed E-state index contributed by atoms with van der Waals surface area (Å²) in [6.45, 7) is 6.50. The lowest BCUT2D eigenvalue weighted by Gasteiger charge is -2.43. The second kappa shape index (κ2) is 6.31. The van der Waals surface area contributed by atoms with Crippen LogP contribution in [-0.2, 0) is 11.2 Å². The maximum Gasteiger partial charge on any atom is 0.157 e. The molecule has 2 rings (SSSR count). The number of ketones is 1. The van der Waals surface area contributed by atoms with Crippen molar-refractivity contribution in [3.63, 3.8) is 0 Å². The Bertz CT molecular complexity index is 510. The molecule has 0 spiro atoms. The van der Waals surface area contributed by atoms with Gasteiger partial charge in [-0.3, -0.25) is 9.69 Å². The van der Waals surface area contributed by atoms with Crippen molar-refractivity contribution in [2.24, 2.45) is 5.92 Å². The first-order valence-corrected chi connectivity index (χ1v) is 8.12. The molecule has 2 heteroatoms. The molecule has 21 heavy (non-hydrogen) atoms. The molecule has 0 unspecified atom stereocenters. The summed E-state index contributed by atoms with van der Waals surface area (Å²) < 4.78 is 0. The molecule has 0 bridgehead atoms. The van der Waals surface area contributed by atoms with Crippen molar-refractivity contribution >= 4 is 5.78 Å². The van der Waals surface area contributed by atoms with Crippen molar-refractivity contribution in [2.75, 3.05) is 14.1 Å². The van der Waals surface area contributed by atoms with Crippen molar-refractivity contribution in [2.45, 2.75) is 58.4 Å². The summed E-state index contributed by atoms with van der Waals surface area (Å²) in [5.74, 6) is 1.15. The minimum absolute atomic E-state index is 0.247. The number of likely N-dealkylation sites (N-methyl/N-ethyl adjacent to an activating group) is 1. The van der Waals surface area contributed by atoms with Crippen LogP contribution in [0.3, 0.4) is 0 Å². The first kappa shape index (κ1) is 16.2. The zero-order valence-electron chi connectivity index (χ0n) is 14.2. The lowest BCUT2D eigenvalue weighted by molar-refractivity contribution is -0.131. The Morgan fingerprint density at radius 1 is 1.24 bits per heavy atom. The van der Waals surface area contributed by atoms with Gasteiger partial charge in [0.2, 0.25) is 0 Å². The fourth-order valence-corrected chi connectivity index (χ4v) is 3.54. The van der Waals surface area contributed by atoms with Crippen LogP contribution in [0.5, 0.6) is 0 Å². The summed E-state index contributed by atoms with van der Waals surface area (Å²) in [5.41, 5.74) is 3.41. The van der Waals surface area contributed by atoms with Crippen LogP contribution < -0.4 is 0 Å². The standard InChI is InChI=1S/C19H29NO/c1-14-8-10-19(11-9-14,20(4)5)18(21)13-17-12-15(2)6-7-16(17)3/h6-7,12,14H,8-11,13H2,1-5H3. The van der Waals surface area contributed by atoms with Gasteiger partial charge in [-0.25, -0.2) is 0 Å². The molecular formula is C19H29NO. The molecule has 0 heterocycles. The Hall–Kier alpha value is -1.15. The zero-order chi connectivity index (χ0) is 15.6. The summed E-state index contributed by atoms with van der Waals surface area (Å²) in [6, 6.07) is 6.42. The average Bonchev–Trinajstić information content (AvgIpc) is 2.43. The number of benzene rings is 1. The quantitative estimate of drug-likeness (QED) is 0.836. The van der Waals surface area contributed by atoms with E-state index in [2.05, 4.69) is 58.0 Å². The first-order chi connectivity index (χ1) is 9.85. The number of Topliss-reactive ketones (excluding diaryl/α,β-unsaturated/α-hetero) is 1. The molecule has 0 radical (unpaired) electrons. The summed E-state index contributed by atoms with van der Waals surface area (Å²) in [5, 5.41) is 0. The van der Waals surface area contributed by atoms with Crippen LogP contribution in [-0.4, -0.2) is 30.3 Å². The van der Waals surface area contributed by atoms with E-state index in [1.165, 1.54) is 16.7 Å². The van der Waals surface area contributed by atoms with E-state index in [9.17, 15) is 4.79 Å². The summed E-state index contributed by atoms with van der Waals surface area (Å²) >= 11 is 0. The minimum Gasteiger partial charge on any atom is -0.297 e. The van der Waals surface area contributed by atoms with Gasteiger partial charge >= 0.3 is 0 Å². The van der Waals surface area contributed by atoms with Crippen LogP contribution in [0.4, 0.5) is 0 Å². The smallest absolute Gasteiger partial charge is 0.157 e. The van der Waals surface area contributed by atoms with Gasteiger partial charge in [0.1, 0.15) is 0 Å². The lowest BCUT2D eigenvalue weighted by atomic mass is 9.72. The molecule has 1 aliphatic rings. The molecule has 1 saturated carbocycles. The Morgan fingerprint density at radius 3 is 2.43 bits per heavy atom. The molecule has 0 aromatic heterocycles. The van der Waals surface area contributed by atoms with Crippen LogP contribution in [0, 0.1) is 19.8 Å². The van der Waals surface area contributed by atoms with Crippen molar-refractivity contribution in [1.82, 2.24) is 4.90 Å². The van der Waals surface area contributed by atoms with E-state index in [0.717, 1.165) is 31.6 Å². The maximum atomic E-state index is 13.1. The van der Waals surface area contributed by atoms with Gasteiger partial charge in [0.25, 0.3) is 0 Å². The molecular weight excluding hydrogens is 258 g/mol. The van der Waals surface area contributed by atoms with Gasteiger partial charge in [-0.15, -0.1) is 0 Å². The van der Waals surface area contributed by atoms with Gasteiger partial charge in [0, 0.05) is 6.42 Å². The molecule has 1 fully saturated rings. The van der Waals surface area contributed by atoms with E-state index in [1.54, 1.807) is 0 Å². The lowest BCUT2D eigenvalue weighted by Crippen LogP contribution is -2.53. The molecule has 116 valence electrons. The highest BCUT2D eigenvalue weighted by atomic mass is 16.1. The third-order valence-corrected chi connectivity index (χ3v) is 5.33. The van der Waals surface area contributed by atoms with E-state index in [0.29, 0.717) is 12.2 Å². The van der Waals surface area contributed by atoms with Crippen LogP contribution in [0.1, 0.15) is 49.3 Å². The molecule has 0 amide bonds. The van der Waals surface area contributed by atoms with Gasteiger partial charge in [0.15, 0.2) is 5.78 Å². The number of hydrogen-bond acceptors (Lipinski definition) is 2. The van der Waals surface area contributed by atoms with Gasteiger partial charge < -0.3 is 0 Å². The predicted octanol–water partition coefficient (Wildman–Crippen LogP) is 3.93. The van der Waals surface area contributed by atoms with E-state index in [1.807, 2.05) is 0 Å². The molecule has 2 nitrogen and oxygen atoms in total. The second-order valence-corrected chi connectivity index (χ2v) is 7.14. The van der Waals surface area contributed by atoms with Gasteiger partial charge in [-0.2, -0.15) is 0 Å². The van der Waals surface area contributed by atoms with E-state index >= 15 is 0 Å². The Morgan fingerprint density at radius 2 is 1.86 bits per heavy atom. The van der Waals surface area contributed by atoms with E-state index < -0.39 is 0 Å². The molecule has 0 aliphatic heterocycles. The van der Waals surface area contributed by atoms with Crippen LogP contribution in [0.25, 0.3) is 0 Å². The van der Waals surface area contributed by atoms with Crippen molar-refractivity contribution < 1.29 is 4.79 Å². The number of aryl methyl sites for hydroxylation is 2. The number of carbonyl (C=O) groups excluding carboxylic acids is 1. The highest BCUT2D eigenvalue weighted by molar-refractivity contribution is 5.90. The van der Waals surface area contributed by atoms with E-state index in [-0.39, 0.29) is 5.54 Å². The monoisotopic (exact) mass is 287 g/mol. The number of nitrogens with zero attached hydrogens (tertiary/aromatic N) is 1. The van der Waals surface area contributed by atoms with Crippen molar-refractivity contribution in [3.8, 4) is 0 Å². The Labute approximate surface area is 129 Å². The highest BCUT2D eigenvalue weighted by Crippen LogP contribution is 2.36. The highest BCUT2D eigenvalue weighted by Gasteiger charge is 2.42. The summed E-state index contributed by atoms with van der Waals surface area (Å²) in [6.07, 6.45) is 4.91. The molecule has 0 atom stereocenters. The van der Waals surface area contributed by atoms with Gasteiger partial charge in [-0.05, 0) is 70.7 Å². The molecule has 1 aromatic carbocycles. The van der Waals surface area contributed by atoms with Crippen LogP contribution in [0.2, 0.25) is 0 Å². The number of hydrogen-bond donors (Lipinski definition) is 0. The number of carbonyl (C=O) groups is 1. The van der Waals surface area contributed by atoms with Gasteiger partial charge in [-0.1, -0.05) is 30.7 Å². The molecule has 1 aromatic rings. The zero-order valence-corrected chi connectivity index (χ0v) is 14.2. The SMILES string of the molecule is Cc1ccc(C)c(CC(=O)C2(N(C)C)CCC(C)CC2)c1. The normalized spacial score (nSPS) is 26.1. The Kier molecular flexibility index (Phi) is 4.88. The van der Waals surface area contributed by atoms with Crippen LogP contribution in [0.15, 0.2) is 18.2 Å². The predicted molar refractivity (Wildman–Crippen MR) is 88.7 cm³/mol. The largest absolute Gasteiger partial charge is 0.297 e. The van der Waals surface area contributed by atoms with Crippen LogP contribution >= 0.6 is 0 Å². The molecule has 0 N–H and O–H groups in total. The topological polar surface area (TPSA) is 20.3 Å². The molecule has 0 saturated heterocycles. The third kappa shape index (κ3) is 3.37. The van der Waals surface area contributed by atoms with Crippen molar-refractivity contribution in [3.05, 3.63) is 34.9 Å². The maximum absolute atomic E-state index is 13.1. The minimum atomic E-state index is -0.247. The third-order valence-electron chi connectivity index (χ3n) is 5.33. The fourth-order valence-electron chi connectivity index (χ4n) is 3.54. The number of rotatable bonds is 4. The fraction of sp³-hybridized carbons (Fsp3) is 0.632. The molecule has 1 aliphatic carbocycles. The summed E-state index contributed by atoms with van der Waals surface area (Å²) in [4.78, 5) is 15.2. The van der Waals surface area contributed by atoms with Gasteiger partial charge in [0.05, 0.1) is 5.54 Å². The average molecular weight is 287 g/mol.